The van der Waals surface area contributed by atoms with E-state index in [1.807, 2.05) is 0 Å². The van der Waals surface area contributed by atoms with Crippen LogP contribution in [-0.4, -0.2) is 70.0 Å². The highest BCUT2D eigenvalue weighted by Gasteiger charge is 2.49. The zero-order valence-corrected chi connectivity index (χ0v) is 13.1. The van der Waals surface area contributed by atoms with Gasteiger partial charge < -0.3 is 20.3 Å². The number of hydrogen-bond donors (Lipinski definition) is 1. The van der Waals surface area contributed by atoms with Crippen molar-refractivity contribution >= 4 is 40.2 Å². The fourth-order valence-electron chi connectivity index (χ4n) is 2.56. The first-order chi connectivity index (χ1) is 9.97. The van der Waals surface area contributed by atoms with Crippen molar-refractivity contribution in [3.63, 3.8) is 0 Å². The van der Waals surface area contributed by atoms with E-state index < -0.39 is 5.60 Å². The Balaban J connectivity index is 1.54. The number of nitrogens with zero attached hydrogens (tertiary/aromatic N) is 4. The normalized spacial score (nSPS) is 24.9. The number of carbonyl (C=O) groups is 2. The first kappa shape index (κ1) is 14.4. The summed E-state index contributed by atoms with van der Waals surface area (Å²) in [5.41, 5.74) is 4.97. The molecule has 2 aliphatic heterocycles. The first-order valence-corrected chi connectivity index (χ1v) is 8.21. The van der Waals surface area contributed by atoms with Gasteiger partial charge in [0.2, 0.25) is 11.0 Å². The number of aromatic nitrogens is 2. The van der Waals surface area contributed by atoms with Crippen LogP contribution in [0.4, 0.5) is 9.93 Å². The van der Waals surface area contributed by atoms with Crippen molar-refractivity contribution in [2.24, 2.45) is 0 Å². The molecule has 21 heavy (non-hydrogen) atoms. The fraction of sp³-hybridized carbons (Fsp3) is 0.636. The summed E-state index contributed by atoms with van der Waals surface area (Å²) in [6, 6.07) is 0. The SMILES string of the molecule is CN1C[C@]2(CCN(C(=O)CSc3nnc(N)s3)C2)OC1=O. The zero-order valence-electron chi connectivity index (χ0n) is 11.4. The molecule has 1 spiro atoms. The molecule has 2 amide bonds. The van der Waals surface area contributed by atoms with E-state index in [1.165, 1.54) is 23.1 Å². The predicted octanol–water partition coefficient (Wildman–Crippen LogP) is 0.265. The van der Waals surface area contributed by atoms with Crippen LogP contribution in [-0.2, 0) is 9.53 Å². The standard InChI is InChI=1S/C11H15N5O3S2/c1-15-5-11(19-10(15)18)2-3-16(6-11)7(17)4-20-9-14-13-8(12)21-9/h2-6H2,1H3,(H2,12,13)/t11-/m0/s1. The number of thioether (sulfide) groups is 1. The average molecular weight is 329 g/mol. The topological polar surface area (TPSA) is 102 Å². The summed E-state index contributed by atoms with van der Waals surface area (Å²) in [7, 11) is 1.71. The van der Waals surface area contributed by atoms with Crippen molar-refractivity contribution in [3.05, 3.63) is 0 Å². The van der Waals surface area contributed by atoms with Crippen molar-refractivity contribution in [1.29, 1.82) is 0 Å². The van der Waals surface area contributed by atoms with Crippen molar-refractivity contribution < 1.29 is 14.3 Å². The fourth-order valence-corrected chi connectivity index (χ4v) is 4.09. The molecule has 0 bridgehead atoms. The molecular weight excluding hydrogens is 314 g/mol. The number of likely N-dealkylation sites (tertiary alicyclic amines) is 1. The van der Waals surface area contributed by atoms with Gasteiger partial charge in [0.05, 0.1) is 18.8 Å². The molecule has 0 aromatic carbocycles. The van der Waals surface area contributed by atoms with Crippen LogP contribution in [0.15, 0.2) is 4.34 Å². The van der Waals surface area contributed by atoms with Gasteiger partial charge in [0.15, 0.2) is 9.94 Å². The van der Waals surface area contributed by atoms with E-state index in [0.29, 0.717) is 35.5 Å². The molecule has 2 saturated heterocycles. The van der Waals surface area contributed by atoms with Crippen molar-refractivity contribution in [2.45, 2.75) is 16.4 Å². The van der Waals surface area contributed by atoms with Gasteiger partial charge in [-0.1, -0.05) is 23.1 Å². The Bertz CT molecular complexity index is 580. The highest BCUT2D eigenvalue weighted by atomic mass is 32.2. The maximum atomic E-state index is 12.2. The van der Waals surface area contributed by atoms with E-state index in [-0.39, 0.29) is 17.8 Å². The summed E-state index contributed by atoms with van der Waals surface area (Å²) < 4.78 is 6.10. The van der Waals surface area contributed by atoms with Gasteiger partial charge in [-0.25, -0.2) is 4.79 Å². The second-order valence-electron chi connectivity index (χ2n) is 5.17. The third kappa shape index (κ3) is 2.91. The van der Waals surface area contributed by atoms with Gasteiger partial charge in [0.1, 0.15) is 0 Å². The quantitative estimate of drug-likeness (QED) is 0.794. The van der Waals surface area contributed by atoms with E-state index in [4.69, 9.17) is 10.5 Å². The van der Waals surface area contributed by atoms with Crippen LogP contribution >= 0.6 is 23.1 Å². The van der Waals surface area contributed by atoms with Gasteiger partial charge in [-0.15, -0.1) is 10.2 Å². The Morgan fingerprint density at radius 3 is 2.95 bits per heavy atom. The van der Waals surface area contributed by atoms with Crippen LogP contribution in [0.5, 0.6) is 0 Å². The van der Waals surface area contributed by atoms with Crippen LogP contribution in [0.3, 0.4) is 0 Å². The van der Waals surface area contributed by atoms with Crippen LogP contribution in [0.25, 0.3) is 0 Å². The number of hydrogen-bond acceptors (Lipinski definition) is 8. The highest BCUT2D eigenvalue weighted by Crippen LogP contribution is 2.32. The number of likely N-dealkylation sites (N-methyl/N-ethyl adjacent to an activating group) is 1. The Morgan fingerprint density at radius 2 is 2.33 bits per heavy atom. The number of ether oxygens (including phenoxy) is 1. The van der Waals surface area contributed by atoms with Gasteiger partial charge in [-0.3, -0.25) is 4.79 Å². The lowest BCUT2D eigenvalue weighted by Crippen LogP contribution is -2.39. The van der Waals surface area contributed by atoms with Gasteiger partial charge in [-0.2, -0.15) is 0 Å². The van der Waals surface area contributed by atoms with E-state index in [1.54, 1.807) is 16.8 Å². The number of amides is 2. The summed E-state index contributed by atoms with van der Waals surface area (Å²) >= 11 is 2.59. The molecule has 0 aliphatic carbocycles. The second kappa shape index (κ2) is 5.34. The minimum absolute atomic E-state index is 0.0104. The van der Waals surface area contributed by atoms with Crippen molar-refractivity contribution in [3.8, 4) is 0 Å². The van der Waals surface area contributed by atoms with Gasteiger partial charge in [0, 0.05) is 20.0 Å². The van der Waals surface area contributed by atoms with Crippen LogP contribution in [0.1, 0.15) is 6.42 Å². The molecule has 10 heteroatoms. The molecular formula is C11H15N5O3S2. The molecule has 3 rings (SSSR count). The maximum Gasteiger partial charge on any atom is 0.410 e. The minimum atomic E-state index is -0.528. The molecule has 3 heterocycles. The van der Waals surface area contributed by atoms with Gasteiger partial charge in [0.25, 0.3) is 0 Å². The number of anilines is 1. The average Bonchev–Trinajstić information content (AvgIpc) is 3.09. The molecule has 1 aromatic heterocycles. The predicted molar refractivity (Wildman–Crippen MR) is 78.1 cm³/mol. The van der Waals surface area contributed by atoms with Crippen molar-refractivity contribution in [2.75, 3.05) is 38.2 Å². The van der Waals surface area contributed by atoms with E-state index in [2.05, 4.69) is 10.2 Å². The van der Waals surface area contributed by atoms with E-state index in [9.17, 15) is 9.59 Å². The first-order valence-electron chi connectivity index (χ1n) is 6.41. The van der Waals surface area contributed by atoms with E-state index in [0.717, 1.165) is 0 Å². The summed E-state index contributed by atoms with van der Waals surface area (Å²) in [4.78, 5) is 27.0. The molecule has 2 fully saturated rings. The molecule has 2 aliphatic rings. The zero-order chi connectivity index (χ0) is 15.0. The molecule has 114 valence electrons. The molecule has 0 unspecified atom stereocenters. The highest BCUT2D eigenvalue weighted by molar-refractivity contribution is 8.01. The Hall–Kier alpha value is -1.55. The summed E-state index contributed by atoms with van der Waals surface area (Å²) in [5.74, 6) is 0.297. The minimum Gasteiger partial charge on any atom is -0.439 e. The Morgan fingerprint density at radius 1 is 1.52 bits per heavy atom. The van der Waals surface area contributed by atoms with Gasteiger partial charge >= 0.3 is 6.09 Å². The van der Waals surface area contributed by atoms with Crippen LogP contribution < -0.4 is 5.73 Å². The van der Waals surface area contributed by atoms with Crippen LogP contribution in [0.2, 0.25) is 0 Å². The summed E-state index contributed by atoms with van der Waals surface area (Å²) in [6.45, 7) is 1.61. The lowest BCUT2D eigenvalue weighted by molar-refractivity contribution is -0.128. The number of nitrogens with two attached hydrogens (primary N) is 1. The molecule has 2 N–H and O–H groups in total. The molecule has 0 saturated carbocycles. The van der Waals surface area contributed by atoms with Crippen LogP contribution in [0, 0.1) is 0 Å². The molecule has 1 atom stereocenters. The number of rotatable bonds is 3. The molecule has 1 aromatic rings. The van der Waals surface area contributed by atoms with Crippen molar-refractivity contribution in [1.82, 2.24) is 20.0 Å². The lowest BCUT2D eigenvalue weighted by Gasteiger charge is -2.21. The molecule has 0 radical (unpaired) electrons. The maximum absolute atomic E-state index is 12.2. The number of carbonyl (C=O) groups excluding carboxylic acids is 2. The van der Waals surface area contributed by atoms with E-state index >= 15 is 0 Å². The Labute approximate surface area is 129 Å². The summed E-state index contributed by atoms with van der Waals surface area (Å²) in [5, 5.41) is 7.96. The second-order valence-corrected chi connectivity index (χ2v) is 7.40. The summed E-state index contributed by atoms with van der Waals surface area (Å²) in [6.07, 6.45) is 0.369. The Kier molecular flexibility index (Phi) is 3.66. The largest absolute Gasteiger partial charge is 0.439 e. The smallest absolute Gasteiger partial charge is 0.410 e. The molecule has 8 nitrogen and oxygen atoms in total. The monoisotopic (exact) mass is 329 g/mol. The third-order valence-corrected chi connectivity index (χ3v) is 5.42. The van der Waals surface area contributed by atoms with Gasteiger partial charge in [-0.05, 0) is 0 Å². The lowest BCUT2D eigenvalue weighted by atomic mass is 10.0. The third-order valence-electron chi connectivity index (χ3n) is 3.55. The number of nitrogen functional groups attached to an aromatic ring is 1.